The highest BCUT2D eigenvalue weighted by molar-refractivity contribution is 7.18. The molecule has 0 spiro atoms. The lowest BCUT2D eigenvalue weighted by Gasteiger charge is -2.13. The minimum absolute atomic E-state index is 0.0976. The summed E-state index contributed by atoms with van der Waals surface area (Å²) in [5.74, 6) is 0. The van der Waals surface area contributed by atoms with Crippen LogP contribution in [0.1, 0.15) is 44.2 Å². The second-order valence-electron chi connectivity index (χ2n) is 5.98. The topological polar surface area (TPSA) is 33.1 Å². The van der Waals surface area contributed by atoms with Gasteiger partial charge in [-0.25, -0.2) is 4.98 Å². The first-order valence-electron chi connectivity index (χ1n) is 6.02. The molecular weight excluding hydrogens is 230 g/mol. The van der Waals surface area contributed by atoms with E-state index in [1.807, 2.05) is 12.1 Å². The van der Waals surface area contributed by atoms with E-state index in [0.29, 0.717) is 0 Å². The van der Waals surface area contributed by atoms with Gasteiger partial charge < -0.3 is 5.11 Å². The van der Waals surface area contributed by atoms with Gasteiger partial charge in [-0.05, 0) is 30.5 Å². The van der Waals surface area contributed by atoms with E-state index in [4.69, 9.17) is 0 Å². The number of aromatic nitrogens is 1. The molecule has 3 heteroatoms. The molecule has 2 aromatic rings. The molecule has 3 rings (SSSR count). The van der Waals surface area contributed by atoms with Gasteiger partial charge in [0.05, 0.1) is 20.8 Å². The van der Waals surface area contributed by atoms with E-state index < -0.39 is 5.60 Å². The van der Waals surface area contributed by atoms with Crippen molar-refractivity contribution < 1.29 is 5.11 Å². The van der Waals surface area contributed by atoms with E-state index in [2.05, 4.69) is 31.8 Å². The average Bonchev–Trinajstić information content (AvgIpc) is 2.85. The van der Waals surface area contributed by atoms with E-state index in [0.717, 1.165) is 28.9 Å². The number of fused-ring (bicyclic) bond motifs is 1. The monoisotopic (exact) mass is 247 g/mol. The lowest BCUT2D eigenvalue weighted by atomic mass is 9.98. The normalized spacial score (nSPS) is 18.6. The van der Waals surface area contributed by atoms with Crippen LogP contribution in [0.25, 0.3) is 10.2 Å². The third kappa shape index (κ3) is 1.87. The zero-order chi connectivity index (χ0) is 12.3. The van der Waals surface area contributed by atoms with Gasteiger partial charge in [0, 0.05) is 5.41 Å². The predicted molar refractivity (Wildman–Crippen MR) is 71.5 cm³/mol. The van der Waals surface area contributed by atoms with Crippen LogP contribution < -0.4 is 0 Å². The molecule has 1 aromatic carbocycles. The first kappa shape index (κ1) is 11.2. The van der Waals surface area contributed by atoms with Gasteiger partial charge in [-0.3, -0.25) is 0 Å². The number of hydrogen-bond acceptors (Lipinski definition) is 3. The summed E-state index contributed by atoms with van der Waals surface area (Å²) in [4.78, 5) is 4.66. The summed E-state index contributed by atoms with van der Waals surface area (Å²) in [6, 6.07) is 6.16. The van der Waals surface area contributed by atoms with Crippen LogP contribution in [0.2, 0.25) is 0 Å². The maximum absolute atomic E-state index is 10.1. The van der Waals surface area contributed by atoms with Crippen LogP contribution in [0.4, 0.5) is 0 Å². The quantitative estimate of drug-likeness (QED) is 0.835. The third-order valence-electron chi connectivity index (χ3n) is 3.29. The Hall–Kier alpha value is -0.930. The standard InChI is InChI=1S/C14H17NOS/c1-13(2,3)12-15-10-5-4-9(8-11(10)17-12)14(16)6-7-14/h4-5,8,16H,6-7H2,1-3H3. The van der Waals surface area contributed by atoms with Crippen LogP contribution in [-0.2, 0) is 11.0 Å². The summed E-state index contributed by atoms with van der Waals surface area (Å²) in [5, 5.41) is 11.3. The molecule has 90 valence electrons. The van der Waals surface area contributed by atoms with E-state index in [1.165, 1.54) is 4.70 Å². The van der Waals surface area contributed by atoms with Gasteiger partial charge in [0.25, 0.3) is 0 Å². The number of thiazole rings is 1. The maximum atomic E-state index is 10.1. The van der Waals surface area contributed by atoms with E-state index >= 15 is 0 Å². The maximum Gasteiger partial charge on any atom is 0.0992 e. The van der Waals surface area contributed by atoms with Gasteiger partial charge in [0.1, 0.15) is 0 Å². The van der Waals surface area contributed by atoms with Crippen molar-refractivity contribution in [3.63, 3.8) is 0 Å². The fourth-order valence-corrected chi connectivity index (χ4v) is 3.00. The van der Waals surface area contributed by atoms with Gasteiger partial charge in [-0.15, -0.1) is 11.3 Å². The minimum Gasteiger partial charge on any atom is -0.385 e. The molecule has 1 aliphatic carbocycles. The molecule has 0 atom stereocenters. The molecule has 0 radical (unpaired) electrons. The average molecular weight is 247 g/mol. The summed E-state index contributed by atoms with van der Waals surface area (Å²) in [7, 11) is 0. The smallest absolute Gasteiger partial charge is 0.0992 e. The van der Waals surface area contributed by atoms with Crippen LogP contribution in [0, 0.1) is 0 Å². The number of rotatable bonds is 1. The van der Waals surface area contributed by atoms with E-state index in [1.54, 1.807) is 11.3 Å². The molecule has 1 aromatic heterocycles. The largest absolute Gasteiger partial charge is 0.385 e. The lowest BCUT2D eigenvalue weighted by molar-refractivity contribution is 0.151. The number of aliphatic hydroxyl groups is 1. The molecule has 17 heavy (non-hydrogen) atoms. The molecule has 0 saturated heterocycles. The van der Waals surface area contributed by atoms with Crippen LogP contribution in [0.5, 0.6) is 0 Å². The Morgan fingerprint density at radius 2 is 2.00 bits per heavy atom. The van der Waals surface area contributed by atoms with Crippen LogP contribution in [-0.4, -0.2) is 10.1 Å². The highest BCUT2D eigenvalue weighted by Crippen LogP contribution is 2.46. The Morgan fingerprint density at radius 1 is 1.29 bits per heavy atom. The number of nitrogens with zero attached hydrogens (tertiary/aromatic N) is 1. The molecule has 1 N–H and O–H groups in total. The summed E-state index contributed by atoms with van der Waals surface area (Å²) in [6.07, 6.45) is 1.78. The van der Waals surface area contributed by atoms with Crippen molar-refractivity contribution in [1.29, 1.82) is 0 Å². The third-order valence-corrected chi connectivity index (χ3v) is 4.73. The van der Waals surface area contributed by atoms with Crippen LogP contribution >= 0.6 is 11.3 Å². The van der Waals surface area contributed by atoms with Gasteiger partial charge in [0.2, 0.25) is 0 Å². The number of benzene rings is 1. The lowest BCUT2D eigenvalue weighted by Crippen LogP contribution is -2.09. The van der Waals surface area contributed by atoms with Crippen molar-refractivity contribution in [1.82, 2.24) is 4.98 Å². The SMILES string of the molecule is CC(C)(C)c1nc2ccc(C3(O)CC3)cc2s1. The second kappa shape index (κ2) is 3.30. The zero-order valence-electron chi connectivity index (χ0n) is 10.4. The predicted octanol–water partition coefficient (Wildman–Crippen LogP) is 3.58. The van der Waals surface area contributed by atoms with Crippen molar-refractivity contribution in [2.75, 3.05) is 0 Å². The molecule has 0 aliphatic heterocycles. The second-order valence-corrected chi connectivity index (χ2v) is 7.01. The molecular formula is C14H17NOS. The molecule has 0 unspecified atom stereocenters. The Bertz CT molecular complexity index is 572. The van der Waals surface area contributed by atoms with Crippen molar-refractivity contribution in [3.05, 3.63) is 28.8 Å². The van der Waals surface area contributed by atoms with Gasteiger partial charge in [0.15, 0.2) is 0 Å². The van der Waals surface area contributed by atoms with Crippen molar-refractivity contribution >= 4 is 21.6 Å². The number of hydrogen-bond donors (Lipinski definition) is 1. The summed E-state index contributed by atoms with van der Waals surface area (Å²) >= 11 is 1.74. The minimum atomic E-state index is -0.542. The van der Waals surface area contributed by atoms with Crippen LogP contribution in [0.3, 0.4) is 0 Å². The molecule has 2 nitrogen and oxygen atoms in total. The first-order chi connectivity index (χ1) is 7.88. The van der Waals surface area contributed by atoms with E-state index in [-0.39, 0.29) is 5.41 Å². The van der Waals surface area contributed by atoms with Gasteiger partial charge in [-0.2, -0.15) is 0 Å². The highest BCUT2D eigenvalue weighted by atomic mass is 32.1. The van der Waals surface area contributed by atoms with Crippen molar-refractivity contribution in [2.24, 2.45) is 0 Å². The molecule has 1 heterocycles. The molecule has 1 saturated carbocycles. The Kier molecular flexibility index (Phi) is 2.17. The Morgan fingerprint density at radius 3 is 2.59 bits per heavy atom. The van der Waals surface area contributed by atoms with E-state index in [9.17, 15) is 5.11 Å². The molecule has 1 aliphatic rings. The first-order valence-corrected chi connectivity index (χ1v) is 6.84. The molecule has 0 amide bonds. The van der Waals surface area contributed by atoms with Crippen LogP contribution in [0.15, 0.2) is 18.2 Å². The fourth-order valence-electron chi connectivity index (χ4n) is 1.94. The zero-order valence-corrected chi connectivity index (χ0v) is 11.3. The highest BCUT2D eigenvalue weighted by Gasteiger charge is 2.42. The van der Waals surface area contributed by atoms with Crippen molar-refractivity contribution in [3.8, 4) is 0 Å². The summed E-state index contributed by atoms with van der Waals surface area (Å²) in [5.41, 5.74) is 1.66. The van der Waals surface area contributed by atoms with Gasteiger partial charge in [-0.1, -0.05) is 26.8 Å². The van der Waals surface area contributed by atoms with Gasteiger partial charge >= 0.3 is 0 Å². The fraction of sp³-hybridized carbons (Fsp3) is 0.500. The summed E-state index contributed by atoms with van der Waals surface area (Å²) in [6.45, 7) is 6.54. The Labute approximate surface area is 105 Å². The van der Waals surface area contributed by atoms with Crippen molar-refractivity contribution in [2.45, 2.75) is 44.6 Å². The molecule has 0 bridgehead atoms. The molecule has 1 fully saturated rings. The Balaban J connectivity index is 2.11. The summed E-state index contributed by atoms with van der Waals surface area (Å²) < 4.78 is 1.19.